The monoisotopic (exact) mass is 371 g/mol. The normalized spacial score (nSPS) is 15.4. The van der Waals surface area contributed by atoms with E-state index in [0.29, 0.717) is 12.0 Å². The van der Waals surface area contributed by atoms with Gasteiger partial charge in [-0.2, -0.15) is 5.26 Å². The lowest BCUT2D eigenvalue weighted by Gasteiger charge is -2.27. The van der Waals surface area contributed by atoms with Crippen LogP contribution >= 0.6 is 0 Å². The minimum atomic E-state index is 0.132. The molecule has 0 unspecified atom stereocenters. The minimum Gasteiger partial charge on any atom is -0.306 e. The van der Waals surface area contributed by atoms with E-state index in [2.05, 4.69) is 28.0 Å². The molecule has 4 heterocycles. The van der Waals surface area contributed by atoms with Gasteiger partial charge in [-0.3, -0.25) is 14.8 Å². The Morgan fingerprint density at radius 3 is 2.82 bits per heavy atom. The first-order valence-electron chi connectivity index (χ1n) is 9.45. The van der Waals surface area contributed by atoms with E-state index in [1.54, 1.807) is 18.5 Å². The lowest BCUT2D eigenvalue weighted by atomic mass is 9.90. The maximum absolute atomic E-state index is 12.7. The third kappa shape index (κ3) is 3.90. The van der Waals surface area contributed by atoms with E-state index >= 15 is 0 Å². The van der Waals surface area contributed by atoms with Gasteiger partial charge < -0.3 is 4.90 Å². The third-order valence-electron chi connectivity index (χ3n) is 5.32. The summed E-state index contributed by atoms with van der Waals surface area (Å²) in [5.41, 5.74) is 3.59. The molecule has 1 aliphatic rings. The fraction of sp³-hybridized carbons (Fsp3) is 0.318. The molecule has 1 saturated heterocycles. The van der Waals surface area contributed by atoms with Crippen molar-refractivity contribution in [2.45, 2.75) is 19.3 Å². The fourth-order valence-electron chi connectivity index (χ4n) is 3.61. The third-order valence-corrected chi connectivity index (χ3v) is 5.32. The van der Waals surface area contributed by atoms with Crippen LogP contribution in [-0.2, 0) is 11.2 Å². The van der Waals surface area contributed by atoms with Gasteiger partial charge in [-0.25, -0.2) is 4.98 Å². The molecule has 1 aliphatic heterocycles. The van der Waals surface area contributed by atoms with Crippen molar-refractivity contribution in [1.29, 1.82) is 5.26 Å². The highest BCUT2D eigenvalue weighted by Crippen LogP contribution is 2.23. The summed E-state index contributed by atoms with van der Waals surface area (Å²) in [5.74, 6) is 0.398. The average Bonchev–Trinajstić information content (AvgIpc) is 2.73. The van der Waals surface area contributed by atoms with Crippen molar-refractivity contribution in [2.75, 3.05) is 20.1 Å². The molecular weight excluding hydrogens is 350 g/mol. The van der Waals surface area contributed by atoms with E-state index in [4.69, 9.17) is 10.2 Å². The number of likely N-dealkylation sites (tertiary alicyclic amines) is 1. The van der Waals surface area contributed by atoms with Gasteiger partial charge in [-0.1, -0.05) is 0 Å². The summed E-state index contributed by atoms with van der Waals surface area (Å²) >= 11 is 0. The van der Waals surface area contributed by atoms with Crippen LogP contribution in [-0.4, -0.2) is 45.8 Å². The summed E-state index contributed by atoms with van der Waals surface area (Å²) in [5, 5.41) is 9.99. The minimum absolute atomic E-state index is 0.132. The zero-order chi connectivity index (χ0) is 19.5. The van der Waals surface area contributed by atoms with Crippen LogP contribution in [0.1, 0.15) is 24.1 Å². The lowest BCUT2D eigenvalue weighted by molar-refractivity contribution is -0.123. The number of fused-ring (bicyclic) bond motifs is 1. The van der Waals surface area contributed by atoms with E-state index in [1.165, 1.54) is 6.20 Å². The zero-order valence-electron chi connectivity index (χ0n) is 15.8. The molecule has 140 valence electrons. The summed E-state index contributed by atoms with van der Waals surface area (Å²) in [7, 11) is 2.09. The van der Waals surface area contributed by atoms with E-state index in [1.807, 2.05) is 18.2 Å². The maximum Gasteiger partial charge on any atom is 0.142 e. The van der Waals surface area contributed by atoms with Crippen molar-refractivity contribution in [3.8, 4) is 17.3 Å². The molecule has 4 rings (SSSR count). The second kappa shape index (κ2) is 7.83. The maximum atomic E-state index is 12.7. The topological polar surface area (TPSA) is 82.8 Å². The number of carbonyl (C=O) groups excluding carboxylic acids is 1. The van der Waals surface area contributed by atoms with Crippen LogP contribution in [0, 0.1) is 17.2 Å². The molecule has 0 N–H and O–H groups in total. The Morgan fingerprint density at radius 2 is 2.04 bits per heavy atom. The number of piperidine rings is 1. The quantitative estimate of drug-likeness (QED) is 0.701. The van der Waals surface area contributed by atoms with Gasteiger partial charge in [-0.05, 0) is 57.2 Å². The van der Waals surface area contributed by atoms with Gasteiger partial charge in [0.2, 0.25) is 0 Å². The molecule has 0 bridgehead atoms. The van der Waals surface area contributed by atoms with Crippen LogP contribution in [0.15, 0.2) is 42.9 Å². The number of aromatic nitrogens is 3. The largest absolute Gasteiger partial charge is 0.306 e. The lowest BCUT2D eigenvalue weighted by Crippen LogP contribution is -2.34. The highest BCUT2D eigenvalue weighted by Gasteiger charge is 2.23. The molecule has 0 aliphatic carbocycles. The number of rotatable bonds is 4. The van der Waals surface area contributed by atoms with Gasteiger partial charge in [-0.15, -0.1) is 0 Å². The van der Waals surface area contributed by atoms with Gasteiger partial charge in [0.25, 0.3) is 0 Å². The molecule has 0 radical (unpaired) electrons. The second-order valence-electron chi connectivity index (χ2n) is 7.36. The molecule has 0 amide bonds. The Balaban J connectivity index is 1.57. The standard InChI is InChI=1S/C22H21N5O/c1-27-6-4-16(5-7-27)22(28)10-19-9-21-17(14-25-19)2-3-20(26-21)18-8-15(11-23)12-24-13-18/h2-3,8-9,12-14,16H,4-7,10H2,1H3. The smallest absolute Gasteiger partial charge is 0.142 e. The molecule has 28 heavy (non-hydrogen) atoms. The van der Waals surface area contributed by atoms with Crippen LogP contribution < -0.4 is 0 Å². The van der Waals surface area contributed by atoms with E-state index in [-0.39, 0.29) is 11.7 Å². The zero-order valence-corrected chi connectivity index (χ0v) is 15.8. The summed E-state index contributed by atoms with van der Waals surface area (Å²) in [6.07, 6.45) is 7.19. The van der Waals surface area contributed by atoms with Crippen molar-refractivity contribution in [3.63, 3.8) is 0 Å². The number of pyridine rings is 3. The number of hydrogen-bond donors (Lipinski definition) is 0. The fourth-order valence-corrected chi connectivity index (χ4v) is 3.61. The second-order valence-corrected chi connectivity index (χ2v) is 7.36. The van der Waals surface area contributed by atoms with E-state index in [0.717, 1.165) is 53.8 Å². The molecule has 6 heteroatoms. The molecule has 0 saturated carbocycles. The van der Waals surface area contributed by atoms with Gasteiger partial charge in [0.1, 0.15) is 11.9 Å². The van der Waals surface area contributed by atoms with Crippen LogP contribution in [0.25, 0.3) is 22.2 Å². The van der Waals surface area contributed by atoms with Gasteiger partial charge in [0.05, 0.1) is 16.8 Å². The molecule has 0 spiro atoms. The Kier molecular flexibility index (Phi) is 5.09. The average molecular weight is 371 g/mol. The van der Waals surface area contributed by atoms with Crippen molar-refractivity contribution in [2.24, 2.45) is 5.92 Å². The van der Waals surface area contributed by atoms with Crippen LogP contribution in [0.3, 0.4) is 0 Å². The van der Waals surface area contributed by atoms with Crippen LogP contribution in [0.5, 0.6) is 0 Å². The van der Waals surface area contributed by atoms with Crippen molar-refractivity contribution in [3.05, 3.63) is 54.1 Å². The first kappa shape index (κ1) is 18.2. The molecule has 1 fully saturated rings. The number of carbonyl (C=O) groups is 1. The molecule has 0 atom stereocenters. The Morgan fingerprint density at radius 1 is 1.21 bits per heavy atom. The number of nitriles is 1. The summed E-state index contributed by atoms with van der Waals surface area (Å²) in [6, 6.07) is 9.61. The summed E-state index contributed by atoms with van der Waals surface area (Å²) in [6.45, 7) is 1.95. The molecular formula is C22H21N5O. The van der Waals surface area contributed by atoms with Gasteiger partial charge in [0.15, 0.2) is 0 Å². The highest BCUT2D eigenvalue weighted by molar-refractivity contribution is 5.85. The van der Waals surface area contributed by atoms with Crippen LogP contribution in [0.4, 0.5) is 0 Å². The number of nitrogens with zero attached hydrogens (tertiary/aromatic N) is 5. The number of hydrogen-bond acceptors (Lipinski definition) is 6. The van der Waals surface area contributed by atoms with Crippen molar-refractivity contribution >= 4 is 16.7 Å². The Labute approximate surface area is 163 Å². The van der Waals surface area contributed by atoms with E-state index < -0.39 is 0 Å². The van der Waals surface area contributed by atoms with Crippen molar-refractivity contribution < 1.29 is 4.79 Å². The number of ketones is 1. The molecule has 0 aromatic carbocycles. The molecule has 3 aromatic rings. The van der Waals surface area contributed by atoms with Crippen LogP contribution in [0.2, 0.25) is 0 Å². The van der Waals surface area contributed by atoms with Crippen molar-refractivity contribution in [1.82, 2.24) is 19.9 Å². The highest BCUT2D eigenvalue weighted by atomic mass is 16.1. The van der Waals surface area contributed by atoms with Gasteiger partial charge in [0, 0.05) is 47.6 Å². The Hall–Kier alpha value is -3.17. The van der Waals surface area contributed by atoms with E-state index in [9.17, 15) is 4.79 Å². The molecule has 6 nitrogen and oxygen atoms in total. The number of Topliss-reactive ketones (excluding diaryl/α,β-unsaturated/α-hetero) is 1. The molecule has 3 aromatic heterocycles. The first-order valence-corrected chi connectivity index (χ1v) is 9.45. The van der Waals surface area contributed by atoms with Gasteiger partial charge >= 0.3 is 0 Å². The summed E-state index contributed by atoms with van der Waals surface area (Å²) in [4.78, 5) is 28.2. The predicted molar refractivity (Wildman–Crippen MR) is 106 cm³/mol. The predicted octanol–water partition coefficient (Wildman–Crippen LogP) is 3.02. The SMILES string of the molecule is CN1CCC(C(=O)Cc2cc3nc(-c4cncc(C#N)c4)ccc3cn2)CC1. The summed E-state index contributed by atoms with van der Waals surface area (Å²) < 4.78 is 0. The Bertz CT molecular complexity index is 1060. The first-order chi connectivity index (χ1) is 13.6.